The Kier molecular flexibility index (Phi) is 7.25. The molecule has 136 valence electrons. The van der Waals surface area contributed by atoms with Crippen LogP contribution in [0.5, 0.6) is 0 Å². The zero-order chi connectivity index (χ0) is 18.2. The Morgan fingerprint density at radius 2 is 2.12 bits per heavy atom. The van der Waals surface area contributed by atoms with Crippen LogP contribution in [0.4, 0.5) is 0 Å². The van der Waals surface area contributed by atoms with E-state index in [2.05, 4.69) is 34.3 Å². The Labute approximate surface area is 154 Å². The molecule has 0 aliphatic heterocycles. The van der Waals surface area contributed by atoms with Crippen molar-refractivity contribution in [2.24, 2.45) is 4.99 Å². The second-order valence-corrected chi connectivity index (χ2v) is 6.63. The zero-order valence-electron chi connectivity index (χ0n) is 15.3. The molecule has 0 radical (unpaired) electrons. The van der Waals surface area contributed by atoms with E-state index < -0.39 is 0 Å². The summed E-state index contributed by atoms with van der Waals surface area (Å²) in [4.78, 5) is 10.8. The molecule has 2 aromatic rings. The van der Waals surface area contributed by atoms with Gasteiger partial charge in [-0.2, -0.15) is 4.98 Å². The van der Waals surface area contributed by atoms with Gasteiger partial charge in [0.05, 0.1) is 0 Å². The van der Waals surface area contributed by atoms with Gasteiger partial charge in [0.25, 0.3) is 0 Å². The van der Waals surface area contributed by atoms with Gasteiger partial charge in [-0.1, -0.05) is 48.8 Å². The van der Waals surface area contributed by atoms with Crippen LogP contribution < -0.4 is 5.32 Å². The molecule has 0 saturated carbocycles. The molecule has 0 bridgehead atoms. The van der Waals surface area contributed by atoms with Gasteiger partial charge in [0.1, 0.15) is 0 Å². The first-order valence-corrected chi connectivity index (χ1v) is 8.86. The van der Waals surface area contributed by atoms with Crippen LogP contribution >= 0.6 is 11.6 Å². The lowest BCUT2D eigenvalue weighted by atomic mass is 10.2. The standard InChI is InChI=1S/C18H26ClN5O/c1-13(2)17-22-16(25-23-17)10-7-11-21-18(20-3)24(4)12-14-8-5-6-9-15(14)19/h5-6,8-9,13H,7,10-12H2,1-4H3,(H,20,21). The smallest absolute Gasteiger partial charge is 0.226 e. The molecule has 1 aromatic carbocycles. The number of halogens is 1. The lowest BCUT2D eigenvalue weighted by Crippen LogP contribution is -2.39. The van der Waals surface area contributed by atoms with E-state index in [1.54, 1.807) is 7.05 Å². The maximum absolute atomic E-state index is 6.22. The van der Waals surface area contributed by atoms with Crippen molar-refractivity contribution >= 4 is 17.6 Å². The van der Waals surface area contributed by atoms with Crippen molar-refractivity contribution in [2.75, 3.05) is 20.6 Å². The number of aromatic nitrogens is 2. The van der Waals surface area contributed by atoms with Crippen LogP contribution in [-0.4, -0.2) is 41.6 Å². The summed E-state index contributed by atoms with van der Waals surface area (Å²) >= 11 is 6.22. The first-order valence-electron chi connectivity index (χ1n) is 8.49. The predicted octanol–water partition coefficient (Wildman–Crippen LogP) is 3.49. The maximum atomic E-state index is 6.22. The van der Waals surface area contributed by atoms with Crippen molar-refractivity contribution in [3.8, 4) is 0 Å². The van der Waals surface area contributed by atoms with E-state index in [4.69, 9.17) is 16.1 Å². The van der Waals surface area contributed by atoms with Crippen LogP contribution in [0.2, 0.25) is 5.02 Å². The Morgan fingerprint density at radius 1 is 1.36 bits per heavy atom. The molecule has 1 heterocycles. The number of nitrogens with zero attached hydrogens (tertiary/aromatic N) is 4. The fourth-order valence-corrected chi connectivity index (χ4v) is 2.58. The summed E-state index contributed by atoms with van der Waals surface area (Å²) in [5.41, 5.74) is 1.07. The van der Waals surface area contributed by atoms with E-state index in [-0.39, 0.29) is 5.92 Å². The monoisotopic (exact) mass is 363 g/mol. The second kappa shape index (κ2) is 9.42. The number of hydrogen-bond acceptors (Lipinski definition) is 4. The van der Waals surface area contributed by atoms with Gasteiger partial charge in [0.2, 0.25) is 5.89 Å². The van der Waals surface area contributed by atoms with Crippen molar-refractivity contribution in [1.29, 1.82) is 0 Å². The highest BCUT2D eigenvalue weighted by Crippen LogP contribution is 2.16. The molecule has 25 heavy (non-hydrogen) atoms. The van der Waals surface area contributed by atoms with Crippen molar-refractivity contribution in [1.82, 2.24) is 20.4 Å². The fraction of sp³-hybridized carbons (Fsp3) is 0.500. The van der Waals surface area contributed by atoms with Gasteiger partial charge in [0.15, 0.2) is 11.8 Å². The third kappa shape index (κ3) is 5.74. The average Bonchev–Trinajstić information content (AvgIpc) is 3.06. The number of hydrogen-bond donors (Lipinski definition) is 1. The molecule has 2 rings (SSSR count). The number of guanidine groups is 1. The average molecular weight is 364 g/mol. The highest BCUT2D eigenvalue weighted by atomic mass is 35.5. The molecule has 1 N–H and O–H groups in total. The summed E-state index contributed by atoms with van der Waals surface area (Å²) in [7, 11) is 3.77. The van der Waals surface area contributed by atoms with Crippen LogP contribution in [-0.2, 0) is 13.0 Å². The van der Waals surface area contributed by atoms with Gasteiger partial charge in [-0.3, -0.25) is 4.99 Å². The van der Waals surface area contributed by atoms with E-state index in [0.29, 0.717) is 12.4 Å². The van der Waals surface area contributed by atoms with Crippen molar-refractivity contribution < 1.29 is 4.52 Å². The van der Waals surface area contributed by atoms with Crippen LogP contribution in [0.1, 0.15) is 43.5 Å². The van der Waals surface area contributed by atoms with Gasteiger partial charge in [-0.15, -0.1) is 0 Å². The number of aryl methyl sites for hydroxylation is 1. The molecule has 0 spiro atoms. The lowest BCUT2D eigenvalue weighted by Gasteiger charge is -2.22. The van der Waals surface area contributed by atoms with E-state index in [9.17, 15) is 0 Å². The van der Waals surface area contributed by atoms with Crippen molar-refractivity contribution in [3.05, 3.63) is 46.6 Å². The highest BCUT2D eigenvalue weighted by Gasteiger charge is 2.11. The highest BCUT2D eigenvalue weighted by molar-refractivity contribution is 6.31. The second-order valence-electron chi connectivity index (χ2n) is 6.23. The third-order valence-corrected chi connectivity index (χ3v) is 4.16. The van der Waals surface area contributed by atoms with Gasteiger partial charge in [-0.05, 0) is 18.1 Å². The third-order valence-electron chi connectivity index (χ3n) is 3.79. The van der Waals surface area contributed by atoms with Crippen LogP contribution in [0, 0.1) is 0 Å². The molecule has 0 atom stereocenters. The molecule has 1 aromatic heterocycles. The number of benzene rings is 1. The normalized spacial score (nSPS) is 11.8. The first kappa shape index (κ1) is 19.2. The predicted molar refractivity (Wildman–Crippen MR) is 101 cm³/mol. The van der Waals surface area contributed by atoms with E-state index in [1.807, 2.05) is 36.2 Å². The van der Waals surface area contributed by atoms with Crippen LogP contribution in [0.3, 0.4) is 0 Å². The van der Waals surface area contributed by atoms with Gasteiger partial charge in [0, 0.05) is 44.5 Å². The van der Waals surface area contributed by atoms with E-state index in [1.165, 1.54) is 0 Å². The minimum atomic E-state index is 0.285. The molecule has 0 aliphatic rings. The van der Waals surface area contributed by atoms with Crippen molar-refractivity contribution in [2.45, 2.75) is 39.2 Å². The summed E-state index contributed by atoms with van der Waals surface area (Å²) < 4.78 is 5.25. The minimum Gasteiger partial charge on any atom is -0.356 e. The Morgan fingerprint density at radius 3 is 2.76 bits per heavy atom. The summed E-state index contributed by atoms with van der Waals surface area (Å²) in [6.07, 6.45) is 1.64. The molecule has 0 fully saturated rings. The molecular formula is C18H26ClN5O. The molecule has 0 aliphatic carbocycles. The Bertz CT molecular complexity index is 698. The largest absolute Gasteiger partial charge is 0.356 e. The summed E-state index contributed by atoms with van der Waals surface area (Å²) in [6, 6.07) is 7.84. The maximum Gasteiger partial charge on any atom is 0.226 e. The molecule has 0 amide bonds. The molecule has 7 heteroatoms. The summed E-state index contributed by atoms with van der Waals surface area (Å²) in [6.45, 7) is 5.57. The molecule has 0 unspecified atom stereocenters. The number of rotatable bonds is 7. The Hall–Kier alpha value is -2.08. The number of nitrogens with one attached hydrogen (secondary N) is 1. The van der Waals surface area contributed by atoms with Crippen molar-refractivity contribution in [3.63, 3.8) is 0 Å². The molecular weight excluding hydrogens is 338 g/mol. The lowest BCUT2D eigenvalue weighted by molar-refractivity contribution is 0.368. The van der Waals surface area contributed by atoms with Crippen LogP contribution in [0.15, 0.2) is 33.8 Å². The SMILES string of the molecule is CN=C(NCCCc1nc(C(C)C)no1)N(C)Cc1ccccc1Cl. The summed E-state index contributed by atoms with van der Waals surface area (Å²) in [5, 5.41) is 8.10. The fourth-order valence-electron chi connectivity index (χ4n) is 2.39. The topological polar surface area (TPSA) is 66.5 Å². The van der Waals surface area contributed by atoms with E-state index >= 15 is 0 Å². The van der Waals surface area contributed by atoms with Crippen LogP contribution in [0.25, 0.3) is 0 Å². The molecule has 6 nitrogen and oxygen atoms in total. The quantitative estimate of drug-likeness (QED) is 0.463. The minimum absolute atomic E-state index is 0.285. The number of aliphatic imine (C=N–C) groups is 1. The Balaban J connectivity index is 1.78. The van der Waals surface area contributed by atoms with Gasteiger partial charge < -0.3 is 14.7 Å². The van der Waals surface area contributed by atoms with E-state index in [0.717, 1.165) is 41.8 Å². The van der Waals surface area contributed by atoms with Gasteiger partial charge in [-0.25, -0.2) is 0 Å². The first-order chi connectivity index (χ1) is 12.0. The summed E-state index contributed by atoms with van der Waals surface area (Å²) in [5.74, 6) is 2.56. The zero-order valence-corrected chi connectivity index (χ0v) is 16.0. The molecule has 0 saturated heterocycles. The van der Waals surface area contributed by atoms with Gasteiger partial charge >= 0.3 is 0 Å².